The van der Waals surface area contributed by atoms with Crippen LogP contribution in [0.5, 0.6) is 0 Å². The molecule has 1 fully saturated rings. The molecule has 1 aliphatic heterocycles. The van der Waals surface area contributed by atoms with Gasteiger partial charge in [-0.25, -0.2) is 18.1 Å². The molecular weight excluding hydrogens is 292 g/mol. The van der Waals surface area contributed by atoms with Gasteiger partial charge in [0.2, 0.25) is 0 Å². The van der Waals surface area contributed by atoms with Gasteiger partial charge in [-0.1, -0.05) is 0 Å². The Balaban J connectivity index is 1.67. The predicted octanol–water partition coefficient (Wildman–Crippen LogP) is 0.340. The first-order valence-corrected chi connectivity index (χ1v) is 8.94. The third-order valence-electron chi connectivity index (χ3n) is 3.50. The van der Waals surface area contributed by atoms with E-state index in [9.17, 15) is 8.42 Å². The van der Waals surface area contributed by atoms with Gasteiger partial charge in [-0.15, -0.1) is 0 Å². The lowest BCUT2D eigenvalue weighted by atomic mass is 10.1. The van der Waals surface area contributed by atoms with Crippen LogP contribution in [0.15, 0.2) is 17.6 Å². The van der Waals surface area contributed by atoms with Crippen molar-refractivity contribution < 1.29 is 13.2 Å². The fourth-order valence-electron chi connectivity index (χ4n) is 2.22. The van der Waals surface area contributed by atoms with E-state index in [1.807, 2.05) is 6.92 Å². The fraction of sp³-hybridized carbons (Fsp3) is 0.769. The molecule has 0 aliphatic carbocycles. The number of aryl methyl sites for hydroxylation is 1. The largest absolute Gasteiger partial charge is 0.378 e. The summed E-state index contributed by atoms with van der Waals surface area (Å²) in [7, 11) is -3.50. The minimum Gasteiger partial charge on any atom is -0.378 e. The van der Waals surface area contributed by atoms with E-state index in [0.29, 0.717) is 32.2 Å². The molecule has 8 heteroatoms. The Morgan fingerprint density at radius 2 is 2.24 bits per heavy atom. The maximum atomic E-state index is 12.0. The molecule has 0 amide bonds. The van der Waals surface area contributed by atoms with Crippen molar-refractivity contribution in [3.63, 3.8) is 0 Å². The van der Waals surface area contributed by atoms with Crippen molar-refractivity contribution >= 4 is 10.0 Å². The summed E-state index contributed by atoms with van der Waals surface area (Å²) in [5, 5.41) is 3.35. The highest BCUT2D eigenvalue weighted by molar-refractivity contribution is 7.89. The molecule has 21 heavy (non-hydrogen) atoms. The topological polar surface area (TPSA) is 85.2 Å². The first-order valence-electron chi connectivity index (χ1n) is 7.45. The molecule has 0 aromatic carbocycles. The van der Waals surface area contributed by atoms with E-state index >= 15 is 0 Å². The van der Waals surface area contributed by atoms with Gasteiger partial charge < -0.3 is 14.6 Å². The van der Waals surface area contributed by atoms with E-state index in [2.05, 4.69) is 15.0 Å². The molecule has 0 bridgehead atoms. The second-order valence-corrected chi connectivity index (χ2v) is 6.83. The van der Waals surface area contributed by atoms with E-state index in [0.717, 1.165) is 25.9 Å². The quantitative estimate of drug-likeness (QED) is 0.676. The second kappa shape index (κ2) is 7.88. The molecule has 1 aromatic rings. The lowest BCUT2D eigenvalue weighted by Gasteiger charge is -2.22. The number of ether oxygens (including phenoxy) is 1. The highest BCUT2D eigenvalue weighted by atomic mass is 32.2. The number of imidazole rings is 1. The Bertz CT molecular complexity index is 523. The van der Waals surface area contributed by atoms with E-state index in [1.54, 1.807) is 4.57 Å². The minimum absolute atomic E-state index is 0.0728. The Morgan fingerprint density at radius 1 is 1.48 bits per heavy atom. The Kier molecular flexibility index (Phi) is 6.16. The molecule has 0 saturated carbocycles. The molecule has 1 saturated heterocycles. The van der Waals surface area contributed by atoms with Gasteiger partial charge in [0.25, 0.3) is 10.0 Å². The molecule has 1 aromatic heterocycles. The summed E-state index contributed by atoms with van der Waals surface area (Å²) in [5.41, 5.74) is 0. The second-order valence-electron chi connectivity index (χ2n) is 5.11. The van der Waals surface area contributed by atoms with E-state index < -0.39 is 10.0 Å². The average molecular weight is 316 g/mol. The summed E-state index contributed by atoms with van der Waals surface area (Å²) in [4.78, 5) is 3.91. The highest BCUT2D eigenvalue weighted by Crippen LogP contribution is 2.08. The van der Waals surface area contributed by atoms with Gasteiger partial charge in [-0.2, -0.15) is 0 Å². The van der Waals surface area contributed by atoms with Crippen LogP contribution < -0.4 is 10.0 Å². The molecule has 0 radical (unpaired) electrons. The SMILES string of the molecule is CCn1cnc(S(=O)(=O)NCCCOC2CCNCC2)c1. The summed E-state index contributed by atoms with van der Waals surface area (Å²) in [6.07, 6.45) is 6.09. The Morgan fingerprint density at radius 3 is 2.90 bits per heavy atom. The van der Waals surface area contributed by atoms with Crippen molar-refractivity contribution in [2.45, 2.75) is 43.9 Å². The van der Waals surface area contributed by atoms with Crippen LogP contribution in [0.2, 0.25) is 0 Å². The number of piperidine rings is 1. The maximum Gasteiger partial charge on any atom is 0.259 e. The van der Waals surface area contributed by atoms with E-state index in [-0.39, 0.29) is 5.03 Å². The van der Waals surface area contributed by atoms with Crippen molar-refractivity contribution in [2.75, 3.05) is 26.2 Å². The number of nitrogens with zero attached hydrogens (tertiary/aromatic N) is 2. The number of nitrogens with one attached hydrogen (secondary N) is 2. The van der Waals surface area contributed by atoms with Crippen molar-refractivity contribution in [1.82, 2.24) is 19.6 Å². The molecule has 0 atom stereocenters. The maximum absolute atomic E-state index is 12.0. The van der Waals surface area contributed by atoms with Gasteiger partial charge in [0.15, 0.2) is 5.03 Å². The molecule has 0 unspecified atom stereocenters. The Hall–Kier alpha value is -0.960. The molecule has 1 aliphatic rings. The van der Waals surface area contributed by atoms with Crippen molar-refractivity contribution in [3.8, 4) is 0 Å². The zero-order chi connectivity index (χ0) is 15.1. The van der Waals surface area contributed by atoms with Crippen LogP contribution in [0.25, 0.3) is 0 Å². The van der Waals surface area contributed by atoms with Crippen LogP contribution in [-0.4, -0.2) is 50.3 Å². The molecule has 2 rings (SSSR count). The number of sulfonamides is 1. The molecule has 2 N–H and O–H groups in total. The smallest absolute Gasteiger partial charge is 0.259 e. The first kappa shape index (κ1) is 16.4. The molecule has 120 valence electrons. The Labute approximate surface area is 126 Å². The summed E-state index contributed by atoms with van der Waals surface area (Å²) >= 11 is 0. The summed E-state index contributed by atoms with van der Waals surface area (Å²) in [6, 6.07) is 0. The minimum atomic E-state index is -3.50. The summed E-state index contributed by atoms with van der Waals surface area (Å²) < 4.78 is 34.0. The monoisotopic (exact) mass is 316 g/mol. The van der Waals surface area contributed by atoms with Gasteiger partial charge in [0.05, 0.1) is 12.4 Å². The van der Waals surface area contributed by atoms with Crippen molar-refractivity contribution in [3.05, 3.63) is 12.5 Å². The molecule has 7 nitrogen and oxygen atoms in total. The van der Waals surface area contributed by atoms with E-state index in [1.165, 1.54) is 12.5 Å². The van der Waals surface area contributed by atoms with Crippen LogP contribution in [0.3, 0.4) is 0 Å². The molecular formula is C13H24N4O3S. The standard InChI is InChI=1S/C13H24N4O3S/c1-2-17-10-13(15-11-17)21(18,19)16-6-3-9-20-12-4-7-14-8-5-12/h10-12,14,16H,2-9H2,1H3. The van der Waals surface area contributed by atoms with Gasteiger partial charge in [0, 0.05) is 25.9 Å². The lowest BCUT2D eigenvalue weighted by molar-refractivity contribution is 0.0322. The molecule has 0 spiro atoms. The summed E-state index contributed by atoms with van der Waals surface area (Å²) in [6.45, 7) is 5.58. The van der Waals surface area contributed by atoms with Crippen LogP contribution in [0.1, 0.15) is 26.2 Å². The number of aromatic nitrogens is 2. The predicted molar refractivity (Wildman–Crippen MR) is 79.6 cm³/mol. The zero-order valence-corrected chi connectivity index (χ0v) is 13.2. The highest BCUT2D eigenvalue weighted by Gasteiger charge is 2.17. The number of hydrogen-bond donors (Lipinski definition) is 2. The summed E-state index contributed by atoms with van der Waals surface area (Å²) in [5.74, 6) is 0. The van der Waals surface area contributed by atoms with Crippen molar-refractivity contribution in [2.24, 2.45) is 0 Å². The van der Waals surface area contributed by atoms with Crippen LogP contribution >= 0.6 is 0 Å². The van der Waals surface area contributed by atoms with E-state index in [4.69, 9.17) is 4.74 Å². The van der Waals surface area contributed by atoms with Gasteiger partial charge >= 0.3 is 0 Å². The van der Waals surface area contributed by atoms with Crippen LogP contribution in [0, 0.1) is 0 Å². The van der Waals surface area contributed by atoms with Crippen molar-refractivity contribution in [1.29, 1.82) is 0 Å². The molecule has 2 heterocycles. The number of rotatable bonds is 8. The third-order valence-corrected chi connectivity index (χ3v) is 4.85. The normalized spacial score (nSPS) is 17.2. The zero-order valence-electron chi connectivity index (χ0n) is 12.4. The average Bonchev–Trinajstić information content (AvgIpc) is 2.98. The van der Waals surface area contributed by atoms with Gasteiger partial charge in [0.1, 0.15) is 0 Å². The van der Waals surface area contributed by atoms with Gasteiger partial charge in [-0.3, -0.25) is 0 Å². The fourth-order valence-corrected chi connectivity index (χ4v) is 3.24. The third kappa shape index (κ3) is 5.06. The van der Waals surface area contributed by atoms with Gasteiger partial charge in [-0.05, 0) is 39.3 Å². The first-order chi connectivity index (χ1) is 10.1. The lowest BCUT2D eigenvalue weighted by Crippen LogP contribution is -2.33. The number of hydrogen-bond acceptors (Lipinski definition) is 5. The van der Waals surface area contributed by atoms with Crippen LogP contribution in [0.4, 0.5) is 0 Å². The van der Waals surface area contributed by atoms with Crippen LogP contribution in [-0.2, 0) is 21.3 Å².